The number of allylic oxidation sites excluding steroid dienone is 1. The molecule has 0 radical (unpaired) electrons. The van der Waals surface area contributed by atoms with Crippen LogP contribution in [0.1, 0.15) is 35.1 Å². The Kier molecular flexibility index (Phi) is 6.88. The highest BCUT2D eigenvalue weighted by Crippen LogP contribution is 2.35. The second-order valence-electron chi connectivity index (χ2n) is 6.20. The van der Waals surface area contributed by atoms with Crippen molar-refractivity contribution in [3.63, 3.8) is 0 Å². The fourth-order valence-electron chi connectivity index (χ4n) is 2.86. The summed E-state index contributed by atoms with van der Waals surface area (Å²) in [6.45, 7) is 4.69. The van der Waals surface area contributed by atoms with Gasteiger partial charge in [-0.2, -0.15) is 0 Å². The van der Waals surface area contributed by atoms with Crippen molar-refractivity contribution < 1.29 is 5.11 Å². The van der Waals surface area contributed by atoms with Gasteiger partial charge in [0.2, 0.25) is 0 Å². The fourth-order valence-corrected chi connectivity index (χ4v) is 3.41. The minimum absolute atomic E-state index is 0.0443. The van der Waals surface area contributed by atoms with Crippen molar-refractivity contribution in [1.82, 2.24) is 4.90 Å². The predicted molar refractivity (Wildman–Crippen MR) is 103 cm³/mol. The maximum Gasteiger partial charge on any atom is 0.0802 e. The van der Waals surface area contributed by atoms with Crippen LogP contribution in [-0.4, -0.2) is 24.1 Å². The van der Waals surface area contributed by atoms with Gasteiger partial charge >= 0.3 is 0 Å². The molecule has 2 nitrogen and oxygen atoms in total. The van der Waals surface area contributed by atoms with Crippen LogP contribution >= 0.6 is 23.2 Å². The maximum atomic E-state index is 10.8. The SMILES string of the molecule is C=CC(CC(O)c1ccccc1CN(C)C)c1ccc(Cl)cc1Cl. The van der Waals surface area contributed by atoms with Crippen LogP contribution in [0.15, 0.2) is 55.1 Å². The molecule has 1 N–H and O–H groups in total. The molecule has 2 unspecified atom stereocenters. The molecule has 0 aliphatic heterocycles. The normalized spacial score (nSPS) is 13.8. The highest BCUT2D eigenvalue weighted by molar-refractivity contribution is 6.35. The minimum Gasteiger partial charge on any atom is -0.388 e. The molecule has 0 saturated heterocycles. The molecule has 0 aliphatic rings. The Balaban J connectivity index is 2.24. The zero-order chi connectivity index (χ0) is 17.7. The summed E-state index contributed by atoms with van der Waals surface area (Å²) in [7, 11) is 4.03. The van der Waals surface area contributed by atoms with Gasteiger partial charge in [0.05, 0.1) is 6.10 Å². The van der Waals surface area contributed by atoms with Crippen LogP contribution in [0.4, 0.5) is 0 Å². The van der Waals surface area contributed by atoms with E-state index in [9.17, 15) is 5.11 Å². The molecule has 0 fully saturated rings. The van der Waals surface area contributed by atoms with E-state index >= 15 is 0 Å². The molecule has 128 valence electrons. The molecule has 0 aliphatic carbocycles. The highest BCUT2D eigenvalue weighted by Gasteiger charge is 2.19. The highest BCUT2D eigenvalue weighted by atomic mass is 35.5. The summed E-state index contributed by atoms with van der Waals surface area (Å²) in [5, 5.41) is 12.0. The molecule has 2 aromatic carbocycles. The lowest BCUT2D eigenvalue weighted by Crippen LogP contribution is -2.14. The van der Waals surface area contributed by atoms with Crippen LogP contribution in [0.2, 0.25) is 10.0 Å². The van der Waals surface area contributed by atoms with Crippen molar-refractivity contribution in [1.29, 1.82) is 0 Å². The van der Waals surface area contributed by atoms with E-state index in [0.717, 1.165) is 23.2 Å². The van der Waals surface area contributed by atoms with E-state index in [1.165, 1.54) is 0 Å². The van der Waals surface area contributed by atoms with E-state index in [4.69, 9.17) is 23.2 Å². The molecule has 0 amide bonds. The number of aliphatic hydroxyl groups is 1. The van der Waals surface area contributed by atoms with Gasteiger partial charge in [-0.05, 0) is 49.3 Å². The third kappa shape index (κ3) is 4.84. The van der Waals surface area contributed by atoms with Gasteiger partial charge in [-0.25, -0.2) is 0 Å². The smallest absolute Gasteiger partial charge is 0.0802 e. The number of hydrogen-bond acceptors (Lipinski definition) is 2. The maximum absolute atomic E-state index is 10.8. The minimum atomic E-state index is -0.587. The molecule has 0 spiro atoms. The van der Waals surface area contributed by atoms with Crippen LogP contribution in [0.25, 0.3) is 0 Å². The Morgan fingerprint density at radius 1 is 1.12 bits per heavy atom. The van der Waals surface area contributed by atoms with Gasteiger partial charge in [-0.3, -0.25) is 0 Å². The average molecular weight is 364 g/mol. The van der Waals surface area contributed by atoms with Gasteiger partial charge in [0.15, 0.2) is 0 Å². The average Bonchev–Trinajstić information content (AvgIpc) is 2.53. The summed E-state index contributed by atoms with van der Waals surface area (Å²) in [6.07, 6.45) is 1.76. The van der Waals surface area contributed by atoms with E-state index in [-0.39, 0.29) is 5.92 Å². The monoisotopic (exact) mass is 363 g/mol. The van der Waals surface area contributed by atoms with Crippen molar-refractivity contribution in [2.75, 3.05) is 14.1 Å². The molecule has 2 aromatic rings. The number of nitrogens with zero attached hydrogens (tertiary/aromatic N) is 1. The number of benzene rings is 2. The lowest BCUT2D eigenvalue weighted by atomic mass is 9.89. The lowest BCUT2D eigenvalue weighted by Gasteiger charge is -2.22. The van der Waals surface area contributed by atoms with Crippen LogP contribution in [0.5, 0.6) is 0 Å². The topological polar surface area (TPSA) is 23.5 Å². The summed E-state index contributed by atoms with van der Waals surface area (Å²) >= 11 is 12.3. The quantitative estimate of drug-likeness (QED) is 0.661. The summed E-state index contributed by atoms with van der Waals surface area (Å²) < 4.78 is 0. The predicted octanol–water partition coefficient (Wildman–Crippen LogP) is 5.45. The van der Waals surface area contributed by atoms with Crippen LogP contribution < -0.4 is 0 Å². The van der Waals surface area contributed by atoms with Gasteiger partial charge < -0.3 is 10.0 Å². The van der Waals surface area contributed by atoms with Crippen LogP contribution in [-0.2, 0) is 6.54 Å². The van der Waals surface area contributed by atoms with E-state index in [1.807, 2.05) is 50.5 Å². The zero-order valence-electron chi connectivity index (χ0n) is 14.0. The largest absolute Gasteiger partial charge is 0.388 e. The molecule has 2 atom stereocenters. The Labute approximate surface area is 154 Å². The first-order valence-corrected chi connectivity index (χ1v) is 8.66. The third-order valence-corrected chi connectivity index (χ3v) is 4.59. The molecule has 0 saturated carbocycles. The summed E-state index contributed by atoms with van der Waals surface area (Å²) in [5.41, 5.74) is 3.00. The Bertz CT molecular complexity index is 700. The number of aliphatic hydroxyl groups excluding tert-OH is 1. The van der Waals surface area contributed by atoms with Crippen molar-refractivity contribution in [2.24, 2.45) is 0 Å². The number of rotatable bonds is 7. The second kappa shape index (κ2) is 8.68. The van der Waals surface area contributed by atoms with E-state index in [0.29, 0.717) is 16.5 Å². The van der Waals surface area contributed by atoms with Crippen molar-refractivity contribution in [2.45, 2.75) is 25.0 Å². The fraction of sp³-hybridized carbons (Fsp3) is 0.300. The van der Waals surface area contributed by atoms with Gasteiger partial charge in [0, 0.05) is 22.5 Å². The van der Waals surface area contributed by atoms with E-state index in [1.54, 1.807) is 6.07 Å². The molecule has 0 heterocycles. The van der Waals surface area contributed by atoms with E-state index < -0.39 is 6.10 Å². The first-order valence-electron chi connectivity index (χ1n) is 7.90. The Hall–Kier alpha value is -1.32. The molecular formula is C20H23Cl2NO. The number of hydrogen-bond donors (Lipinski definition) is 1. The number of halogens is 2. The first kappa shape index (κ1) is 19.0. The summed E-state index contributed by atoms with van der Waals surface area (Å²) in [5.74, 6) is -0.0443. The van der Waals surface area contributed by atoms with Crippen LogP contribution in [0, 0.1) is 0 Å². The molecule has 2 rings (SSSR count). The summed E-state index contributed by atoms with van der Waals surface area (Å²) in [4.78, 5) is 2.09. The zero-order valence-corrected chi connectivity index (χ0v) is 15.6. The van der Waals surface area contributed by atoms with Crippen molar-refractivity contribution >= 4 is 23.2 Å². The molecule has 24 heavy (non-hydrogen) atoms. The van der Waals surface area contributed by atoms with Gasteiger partial charge in [0.25, 0.3) is 0 Å². The molecule has 4 heteroatoms. The second-order valence-corrected chi connectivity index (χ2v) is 7.04. The van der Waals surface area contributed by atoms with Crippen LogP contribution in [0.3, 0.4) is 0 Å². The standard InChI is InChI=1S/C20H23Cl2NO/c1-4-14(17-10-9-16(21)12-19(17)22)11-20(24)18-8-6-5-7-15(18)13-23(2)3/h4-10,12,14,20,24H,1,11,13H2,2-3H3. The van der Waals surface area contributed by atoms with Gasteiger partial charge in [-0.1, -0.05) is 59.6 Å². The van der Waals surface area contributed by atoms with Gasteiger partial charge in [0.1, 0.15) is 0 Å². The van der Waals surface area contributed by atoms with Crippen molar-refractivity contribution in [3.05, 3.63) is 81.9 Å². The summed E-state index contributed by atoms with van der Waals surface area (Å²) in [6, 6.07) is 13.4. The molecule has 0 bridgehead atoms. The third-order valence-electron chi connectivity index (χ3n) is 4.02. The molecule has 0 aromatic heterocycles. The van der Waals surface area contributed by atoms with Gasteiger partial charge in [-0.15, -0.1) is 6.58 Å². The molecular weight excluding hydrogens is 341 g/mol. The first-order chi connectivity index (χ1) is 11.4. The van der Waals surface area contributed by atoms with E-state index in [2.05, 4.69) is 17.5 Å². The Morgan fingerprint density at radius 2 is 1.83 bits per heavy atom. The lowest BCUT2D eigenvalue weighted by molar-refractivity contribution is 0.161. The van der Waals surface area contributed by atoms with Crippen molar-refractivity contribution in [3.8, 4) is 0 Å². The Morgan fingerprint density at radius 3 is 2.46 bits per heavy atom.